The Morgan fingerprint density at radius 2 is 2.25 bits per heavy atom. The Morgan fingerprint density at radius 3 is 3.00 bits per heavy atom. The standard InChI is InChI=1S/C13H21N5O2/c1-8-6-18(9(2)5-14-8)7-11(19)15-13-17-16-12(20-13)10-3-4-10/h8-10,14H,3-7H2,1-2H3,(H,15,17,19). The van der Waals surface area contributed by atoms with Gasteiger partial charge in [-0.25, -0.2) is 0 Å². The summed E-state index contributed by atoms with van der Waals surface area (Å²) in [6.45, 7) is 6.36. The third-order valence-corrected chi connectivity index (χ3v) is 3.85. The van der Waals surface area contributed by atoms with Crippen LogP contribution in [0.4, 0.5) is 6.01 Å². The van der Waals surface area contributed by atoms with Gasteiger partial charge in [0.05, 0.1) is 6.54 Å². The number of carbonyl (C=O) groups is 1. The van der Waals surface area contributed by atoms with Crippen LogP contribution in [-0.4, -0.2) is 52.7 Å². The van der Waals surface area contributed by atoms with Crippen molar-refractivity contribution in [1.82, 2.24) is 20.4 Å². The van der Waals surface area contributed by atoms with E-state index in [4.69, 9.17) is 4.42 Å². The summed E-state index contributed by atoms with van der Waals surface area (Å²) >= 11 is 0. The van der Waals surface area contributed by atoms with E-state index in [1.807, 2.05) is 0 Å². The summed E-state index contributed by atoms with van der Waals surface area (Å²) in [5, 5.41) is 13.9. The van der Waals surface area contributed by atoms with Crippen molar-refractivity contribution >= 4 is 11.9 Å². The molecule has 0 radical (unpaired) electrons. The van der Waals surface area contributed by atoms with E-state index in [-0.39, 0.29) is 11.9 Å². The first kappa shape index (κ1) is 13.5. The zero-order valence-electron chi connectivity index (χ0n) is 11.9. The van der Waals surface area contributed by atoms with Crippen molar-refractivity contribution in [1.29, 1.82) is 0 Å². The average molecular weight is 279 g/mol. The van der Waals surface area contributed by atoms with Gasteiger partial charge < -0.3 is 9.73 Å². The molecule has 1 saturated carbocycles. The number of rotatable bonds is 4. The highest BCUT2D eigenvalue weighted by molar-refractivity contribution is 5.90. The maximum absolute atomic E-state index is 12.0. The van der Waals surface area contributed by atoms with Gasteiger partial charge >= 0.3 is 6.01 Å². The van der Waals surface area contributed by atoms with Crippen LogP contribution in [0.15, 0.2) is 4.42 Å². The summed E-state index contributed by atoms with van der Waals surface area (Å²) in [4.78, 5) is 14.2. The Labute approximate surface area is 118 Å². The lowest BCUT2D eigenvalue weighted by molar-refractivity contribution is -0.118. The van der Waals surface area contributed by atoms with Crippen molar-refractivity contribution in [3.8, 4) is 0 Å². The second-order valence-corrected chi connectivity index (χ2v) is 5.86. The van der Waals surface area contributed by atoms with E-state index in [1.54, 1.807) is 0 Å². The summed E-state index contributed by atoms with van der Waals surface area (Å²) in [6.07, 6.45) is 2.21. The molecule has 1 saturated heterocycles. The number of carbonyl (C=O) groups excluding carboxylic acids is 1. The van der Waals surface area contributed by atoms with Crippen LogP contribution in [0.1, 0.15) is 38.5 Å². The van der Waals surface area contributed by atoms with Crippen molar-refractivity contribution in [2.75, 3.05) is 25.0 Å². The molecule has 1 aliphatic carbocycles. The predicted octanol–water partition coefficient (Wildman–Crippen LogP) is 0.568. The monoisotopic (exact) mass is 279 g/mol. The minimum Gasteiger partial charge on any atom is -0.408 e. The first-order chi connectivity index (χ1) is 9.61. The molecule has 0 spiro atoms. The Balaban J connectivity index is 1.52. The van der Waals surface area contributed by atoms with E-state index >= 15 is 0 Å². The SMILES string of the molecule is CC1CN(CC(=O)Nc2nnc(C3CC3)o2)C(C)CN1. The number of hydrogen-bond acceptors (Lipinski definition) is 6. The van der Waals surface area contributed by atoms with Crippen LogP contribution in [0.2, 0.25) is 0 Å². The number of aromatic nitrogens is 2. The van der Waals surface area contributed by atoms with Gasteiger partial charge in [-0.3, -0.25) is 15.0 Å². The molecule has 1 amide bonds. The Bertz CT molecular complexity index is 485. The van der Waals surface area contributed by atoms with E-state index in [2.05, 4.69) is 39.6 Å². The third kappa shape index (κ3) is 3.16. The second-order valence-electron chi connectivity index (χ2n) is 5.86. The molecule has 2 atom stereocenters. The minimum atomic E-state index is -0.100. The molecule has 20 heavy (non-hydrogen) atoms. The molecule has 1 aromatic heterocycles. The molecule has 2 aliphatic rings. The lowest BCUT2D eigenvalue weighted by Gasteiger charge is -2.36. The van der Waals surface area contributed by atoms with Crippen molar-refractivity contribution in [3.63, 3.8) is 0 Å². The van der Waals surface area contributed by atoms with Gasteiger partial charge in [-0.2, -0.15) is 0 Å². The van der Waals surface area contributed by atoms with Crippen molar-refractivity contribution in [3.05, 3.63) is 5.89 Å². The van der Waals surface area contributed by atoms with Crippen molar-refractivity contribution in [2.24, 2.45) is 0 Å². The fourth-order valence-corrected chi connectivity index (χ4v) is 2.44. The summed E-state index contributed by atoms with van der Waals surface area (Å²) < 4.78 is 5.43. The van der Waals surface area contributed by atoms with Gasteiger partial charge in [0.15, 0.2) is 0 Å². The first-order valence-electron chi connectivity index (χ1n) is 7.22. The quantitative estimate of drug-likeness (QED) is 0.838. The minimum absolute atomic E-state index is 0.100. The van der Waals surface area contributed by atoms with Crippen molar-refractivity contribution < 1.29 is 9.21 Å². The molecular formula is C13H21N5O2. The molecule has 7 nitrogen and oxygen atoms in total. The predicted molar refractivity (Wildman–Crippen MR) is 73.4 cm³/mol. The van der Waals surface area contributed by atoms with Gasteiger partial charge in [-0.1, -0.05) is 5.10 Å². The first-order valence-corrected chi connectivity index (χ1v) is 7.22. The van der Waals surface area contributed by atoms with Crippen LogP contribution >= 0.6 is 0 Å². The van der Waals surface area contributed by atoms with Gasteiger partial charge in [0.25, 0.3) is 0 Å². The van der Waals surface area contributed by atoms with Gasteiger partial charge in [-0.15, -0.1) is 5.10 Å². The molecule has 110 valence electrons. The van der Waals surface area contributed by atoms with E-state index in [0.29, 0.717) is 30.4 Å². The van der Waals surface area contributed by atoms with Gasteiger partial charge in [0.1, 0.15) is 0 Å². The second kappa shape index (κ2) is 5.49. The molecule has 2 N–H and O–H groups in total. The zero-order chi connectivity index (χ0) is 14.1. The highest BCUT2D eigenvalue weighted by atomic mass is 16.4. The van der Waals surface area contributed by atoms with Crippen LogP contribution in [0.3, 0.4) is 0 Å². The largest absolute Gasteiger partial charge is 0.408 e. The zero-order valence-corrected chi connectivity index (χ0v) is 11.9. The maximum Gasteiger partial charge on any atom is 0.322 e. The Kier molecular flexibility index (Phi) is 3.71. The van der Waals surface area contributed by atoms with E-state index < -0.39 is 0 Å². The normalized spacial score (nSPS) is 27.5. The summed E-state index contributed by atoms with van der Waals surface area (Å²) in [7, 11) is 0. The number of hydrogen-bond donors (Lipinski definition) is 2. The molecule has 2 unspecified atom stereocenters. The Hall–Kier alpha value is -1.47. The number of piperazine rings is 1. The molecule has 0 aromatic carbocycles. The van der Waals surface area contributed by atoms with Crippen LogP contribution < -0.4 is 10.6 Å². The van der Waals surface area contributed by atoms with Crippen LogP contribution in [-0.2, 0) is 4.79 Å². The number of nitrogens with zero attached hydrogens (tertiary/aromatic N) is 3. The average Bonchev–Trinajstić information content (AvgIpc) is 3.15. The highest BCUT2D eigenvalue weighted by Crippen LogP contribution is 2.39. The van der Waals surface area contributed by atoms with E-state index in [0.717, 1.165) is 25.9 Å². The van der Waals surface area contributed by atoms with Gasteiger partial charge in [0.2, 0.25) is 11.8 Å². The fraction of sp³-hybridized carbons (Fsp3) is 0.769. The molecule has 1 aromatic rings. The smallest absolute Gasteiger partial charge is 0.322 e. The fourth-order valence-electron chi connectivity index (χ4n) is 2.44. The van der Waals surface area contributed by atoms with E-state index in [1.165, 1.54) is 0 Å². The van der Waals surface area contributed by atoms with Gasteiger partial charge in [0, 0.05) is 31.1 Å². The topological polar surface area (TPSA) is 83.3 Å². The van der Waals surface area contributed by atoms with E-state index in [9.17, 15) is 4.79 Å². The third-order valence-electron chi connectivity index (χ3n) is 3.85. The molecule has 2 heterocycles. The number of anilines is 1. The van der Waals surface area contributed by atoms with Crippen LogP contribution in [0.25, 0.3) is 0 Å². The Morgan fingerprint density at radius 1 is 1.45 bits per heavy atom. The molecule has 2 fully saturated rings. The highest BCUT2D eigenvalue weighted by Gasteiger charge is 2.30. The number of nitrogens with one attached hydrogen (secondary N) is 2. The lowest BCUT2D eigenvalue weighted by atomic mass is 10.1. The summed E-state index contributed by atoms with van der Waals surface area (Å²) in [6, 6.07) is 0.971. The lowest BCUT2D eigenvalue weighted by Crippen LogP contribution is -2.55. The van der Waals surface area contributed by atoms with Crippen LogP contribution in [0.5, 0.6) is 0 Å². The molecular weight excluding hydrogens is 258 g/mol. The maximum atomic E-state index is 12.0. The summed E-state index contributed by atoms with van der Waals surface area (Å²) in [5.74, 6) is 0.948. The summed E-state index contributed by atoms with van der Waals surface area (Å²) in [5.41, 5.74) is 0. The number of amides is 1. The van der Waals surface area contributed by atoms with Gasteiger partial charge in [-0.05, 0) is 26.7 Å². The van der Waals surface area contributed by atoms with Crippen LogP contribution in [0, 0.1) is 0 Å². The molecule has 1 aliphatic heterocycles. The molecule has 3 rings (SSSR count). The van der Waals surface area contributed by atoms with Crippen molar-refractivity contribution in [2.45, 2.75) is 44.7 Å². The molecule has 7 heteroatoms. The molecule has 0 bridgehead atoms.